The number of carbonyl (C=O) groups excluding carboxylic acids is 2. The lowest BCUT2D eigenvalue weighted by Crippen LogP contribution is -2.55. The van der Waals surface area contributed by atoms with Crippen LogP contribution in [0.5, 0.6) is 0 Å². The molecule has 2 aromatic rings. The first kappa shape index (κ1) is 18.3. The summed E-state index contributed by atoms with van der Waals surface area (Å²) in [6, 6.07) is 13.1. The van der Waals surface area contributed by atoms with Crippen molar-refractivity contribution in [3.05, 3.63) is 53.6 Å². The van der Waals surface area contributed by atoms with Crippen LogP contribution in [0, 0.1) is 0 Å². The first-order valence-corrected chi connectivity index (χ1v) is 9.72. The van der Waals surface area contributed by atoms with Gasteiger partial charge in [-0.25, -0.2) is 0 Å². The third-order valence-electron chi connectivity index (χ3n) is 5.69. The predicted molar refractivity (Wildman–Crippen MR) is 112 cm³/mol. The molecule has 0 saturated carbocycles. The highest BCUT2D eigenvalue weighted by molar-refractivity contribution is 6.08. The van der Waals surface area contributed by atoms with Gasteiger partial charge in [-0.15, -0.1) is 0 Å². The van der Waals surface area contributed by atoms with Crippen molar-refractivity contribution in [2.45, 2.75) is 25.4 Å². The molecule has 1 N–H and O–H groups in total. The minimum absolute atomic E-state index is 0.0732. The number of benzene rings is 2. The Bertz CT molecular complexity index is 907. The lowest BCUT2D eigenvalue weighted by molar-refractivity contribution is 0.0589. The SMILES string of the molecule is CN(C)c1ccc(NC(=O)c2ccc3c(c2)N(C)[C@H]2CCCCN2C3=O)cc1. The van der Waals surface area contributed by atoms with Gasteiger partial charge >= 0.3 is 0 Å². The summed E-state index contributed by atoms with van der Waals surface area (Å²) < 4.78 is 0. The van der Waals surface area contributed by atoms with Gasteiger partial charge in [-0.1, -0.05) is 0 Å². The van der Waals surface area contributed by atoms with Crippen molar-refractivity contribution in [2.75, 3.05) is 42.8 Å². The third kappa shape index (κ3) is 3.19. The van der Waals surface area contributed by atoms with E-state index < -0.39 is 0 Å². The molecular weight excluding hydrogens is 352 g/mol. The molecule has 0 bridgehead atoms. The highest BCUT2D eigenvalue weighted by atomic mass is 16.2. The molecule has 2 aliphatic heterocycles. The first-order chi connectivity index (χ1) is 13.5. The monoisotopic (exact) mass is 378 g/mol. The Morgan fingerprint density at radius 1 is 1.11 bits per heavy atom. The summed E-state index contributed by atoms with van der Waals surface area (Å²) in [7, 11) is 5.97. The van der Waals surface area contributed by atoms with Crippen molar-refractivity contribution in [1.82, 2.24) is 4.90 Å². The van der Waals surface area contributed by atoms with Gasteiger partial charge in [-0.3, -0.25) is 9.59 Å². The molecule has 146 valence electrons. The fourth-order valence-corrected chi connectivity index (χ4v) is 4.06. The molecule has 0 aromatic heterocycles. The fourth-order valence-electron chi connectivity index (χ4n) is 4.06. The van der Waals surface area contributed by atoms with Crippen molar-refractivity contribution in [2.24, 2.45) is 0 Å². The minimum Gasteiger partial charge on any atom is -0.378 e. The quantitative estimate of drug-likeness (QED) is 0.889. The molecule has 0 unspecified atom stereocenters. The zero-order valence-electron chi connectivity index (χ0n) is 16.6. The first-order valence-electron chi connectivity index (χ1n) is 9.72. The Labute approximate surface area is 165 Å². The van der Waals surface area contributed by atoms with Crippen molar-refractivity contribution in [3.63, 3.8) is 0 Å². The van der Waals surface area contributed by atoms with Crippen LogP contribution in [0.15, 0.2) is 42.5 Å². The molecule has 0 spiro atoms. The van der Waals surface area contributed by atoms with Crippen LogP contribution in [0.4, 0.5) is 17.1 Å². The Morgan fingerprint density at radius 2 is 1.86 bits per heavy atom. The number of nitrogens with one attached hydrogen (secondary N) is 1. The third-order valence-corrected chi connectivity index (χ3v) is 5.69. The molecule has 28 heavy (non-hydrogen) atoms. The van der Waals surface area contributed by atoms with Gasteiger partial charge in [0.15, 0.2) is 0 Å². The summed E-state index contributed by atoms with van der Waals surface area (Å²) in [5, 5.41) is 2.94. The molecule has 1 fully saturated rings. The van der Waals surface area contributed by atoms with Crippen LogP contribution in [0.25, 0.3) is 0 Å². The van der Waals surface area contributed by atoms with Crippen molar-refractivity contribution in [1.29, 1.82) is 0 Å². The molecule has 1 atom stereocenters. The molecule has 1 saturated heterocycles. The smallest absolute Gasteiger partial charge is 0.257 e. The zero-order valence-corrected chi connectivity index (χ0v) is 16.6. The topological polar surface area (TPSA) is 55.9 Å². The van der Waals surface area contributed by atoms with Crippen LogP contribution in [-0.4, -0.2) is 50.6 Å². The second kappa shape index (κ2) is 7.19. The van der Waals surface area contributed by atoms with E-state index >= 15 is 0 Å². The lowest BCUT2D eigenvalue weighted by atomic mass is 9.97. The standard InChI is InChI=1S/C22H26N4O2/c1-24(2)17-10-8-16(9-11-17)23-21(27)15-7-12-18-19(14-15)25(3)20-6-4-5-13-26(20)22(18)28/h7-12,14,20H,4-6,13H2,1-3H3,(H,23,27)/t20-/m1/s1. The van der Waals surface area contributed by atoms with Gasteiger partial charge in [0, 0.05) is 44.6 Å². The van der Waals surface area contributed by atoms with Gasteiger partial charge in [0.05, 0.1) is 11.3 Å². The molecule has 6 heteroatoms. The van der Waals surface area contributed by atoms with E-state index in [0.29, 0.717) is 11.1 Å². The number of hydrogen-bond acceptors (Lipinski definition) is 4. The lowest BCUT2D eigenvalue weighted by Gasteiger charge is -2.46. The second-order valence-corrected chi connectivity index (χ2v) is 7.71. The molecule has 0 radical (unpaired) electrons. The molecule has 4 rings (SSSR count). The summed E-state index contributed by atoms with van der Waals surface area (Å²) in [6.07, 6.45) is 3.23. The maximum absolute atomic E-state index is 12.9. The van der Waals surface area contributed by atoms with E-state index in [0.717, 1.165) is 42.9 Å². The molecule has 2 aliphatic rings. The van der Waals surface area contributed by atoms with Gasteiger partial charge in [-0.2, -0.15) is 0 Å². The Balaban J connectivity index is 1.57. The normalized spacial score (nSPS) is 18.4. The average Bonchev–Trinajstić information content (AvgIpc) is 2.72. The van der Waals surface area contributed by atoms with Crippen LogP contribution in [0.2, 0.25) is 0 Å². The number of nitrogens with zero attached hydrogens (tertiary/aromatic N) is 3. The van der Waals surface area contributed by atoms with E-state index in [4.69, 9.17) is 0 Å². The Kier molecular flexibility index (Phi) is 4.71. The van der Waals surface area contributed by atoms with E-state index in [1.807, 2.05) is 61.3 Å². The predicted octanol–water partition coefficient (Wildman–Crippen LogP) is 3.41. The van der Waals surface area contributed by atoms with E-state index in [1.165, 1.54) is 0 Å². The summed E-state index contributed by atoms with van der Waals surface area (Å²) in [5.41, 5.74) is 3.88. The number of amides is 2. The van der Waals surface area contributed by atoms with Crippen molar-refractivity contribution < 1.29 is 9.59 Å². The summed E-state index contributed by atoms with van der Waals surface area (Å²) in [5.74, 6) is -0.101. The summed E-state index contributed by atoms with van der Waals surface area (Å²) in [4.78, 5) is 31.7. The van der Waals surface area contributed by atoms with Crippen LogP contribution in [-0.2, 0) is 0 Å². The zero-order chi connectivity index (χ0) is 19.8. The summed E-state index contributed by atoms with van der Waals surface area (Å²) in [6.45, 7) is 0.804. The summed E-state index contributed by atoms with van der Waals surface area (Å²) >= 11 is 0. The van der Waals surface area contributed by atoms with E-state index in [9.17, 15) is 9.59 Å². The van der Waals surface area contributed by atoms with Crippen molar-refractivity contribution >= 4 is 28.9 Å². The highest BCUT2D eigenvalue weighted by Crippen LogP contribution is 2.35. The van der Waals surface area contributed by atoms with Crippen LogP contribution in [0.1, 0.15) is 40.0 Å². The van der Waals surface area contributed by atoms with Gasteiger partial charge in [0.1, 0.15) is 6.17 Å². The van der Waals surface area contributed by atoms with Gasteiger partial charge in [0.25, 0.3) is 11.8 Å². The minimum atomic E-state index is -0.174. The number of piperidine rings is 1. The maximum atomic E-state index is 12.9. The van der Waals surface area contributed by atoms with Gasteiger partial charge < -0.3 is 20.0 Å². The number of carbonyl (C=O) groups is 2. The van der Waals surface area contributed by atoms with Crippen LogP contribution in [0.3, 0.4) is 0 Å². The largest absolute Gasteiger partial charge is 0.378 e. The molecule has 2 aromatic carbocycles. The van der Waals surface area contributed by atoms with E-state index in [2.05, 4.69) is 10.2 Å². The molecular formula is C22H26N4O2. The van der Waals surface area contributed by atoms with E-state index in [-0.39, 0.29) is 18.0 Å². The molecule has 2 heterocycles. The maximum Gasteiger partial charge on any atom is 0.257 e. The molecule has 6 nitrogen and oxygen atoms in total. The van der Waals surface area contributed by atoms with Gasteiger partial charge in [-0.05, 0) is 61.7 Å². The average molecular weight is 378 g/mol. The fraction of sp³-hybridized carbons (Fsp3) is 0.364. The Morgan fingerprint density at radius 3 is 2.57 bits per heavy atom. The Hall–Kier alpha value is -3.02. The van der Waals surface area contributed by atoms with Crippen LogP contribution >= 0.6 is 0 Å². The number of rotatable bonds is 3. The second-order valence-electron chi connectivity index (χ2n) is 7.71. The van der Waals surface area contributed by atoms with Crippen LogP contribution < -0.4 is 15.1 Å². The van der Waals surface area contributed by atoms with Crippen molar-refractivity contribution in [3.8, 4) is 0 Å². The number of fused-ring (bicyclic) bond motifs is 2. The highest BCUT2D eigenvalue weighted by Gasteiger charge is 2.37. The molecule has 0 aliphatic carbocycles. The van der Waals surface area contributed by atoms with Gasteiger partial charge in [0.2, 0.25) is 0 Å². The molecule has 2 amide bonds. The number of anilines is 3. The van der Waals surface area contributed by atoms with E-state index in [1.54, 1.807) is 12.1 Å². The number of hydrogen-bond donors (Lipinski definition) is 1.